The highest BCUT2D eigenvalue weighted by atomic mass is 35.5. The van der Waals surface area contributed by atoms with Crippen LogP contribution in [0.5, 0.6) is 0 Å². The van der Waals surface area contributed by atoms with Gasteiger partial charge in [-0.15, -0.1) is 0 Å². The summed E-state index contributed by atoms with van der Waals surface area (Å²) >= 11 is 7.46. The van der Waals surface area contributed by atoms with Gasteiger partial charge in [0.1, 0.15) is 5.03 Å². The molecule has 0 aliphatic rings. The average Bonchev–Trinajstić information content (AvgIpc) is 2.29. The summed E-state index contributed by atoms with van der Waals surface area (Å²) in [7, 11) is 0. The molecule has 2 nitrogen and oxygen atoms in total. The van der Waals surface area contributed by atoms with Crippen LogP contribution in [0, 0.1) is 0 Å². The minimum absolute atomic E-state index is 0.479. The average molecular weight is 266 g/mol. The fraction of sp³-hybridized carbons (Fsp3) is 0.154. The Morgan fingerprint density at radius 2 is 2.12 bits per heavy atom. The summed E-state index contributed by atoms with van der Waals surface area (Å²) in [6.45, 7) is 1.72. The van der Waals surface area contributed by atoms with Crippen LogP contribution >= 0.6 is 23.4 Å². The van der Waals surface area contributed by atoms with Gasteiger partial charge in [-0.2, -0.15) is 0 Å². The second-order valence-corrected chi connectivity index (χ2v) is 5.20. The fourth-order valence-electron chi connectivity index (χ4n) is 1.35. The van der Waals surface area contributed by atoms with Crippen molar-refractivity contribution >= 4 is 23.4 Å². The van der Waals surface area contributed by atoms with Gasteiger partial charge in [0.2, 0.25) is 0 Å². The summed E-state index contributed by atoms with van der Waals surface area (Å²) in [6, 6.07) is 11.4. The zero-order chi connectivity index (χ0) is 12.3. The molecular weight excluding hydrogens is 254 g/mol. The maximum absolute atomic E-state index is 9.38. The van der Waals surface area contributed by atoms with Gasteiger partial charge in [-0.3, -0.25) is 0 Å². The van der Waals surface area contributed by atoms with Gasteiger partial charge in [-0.05, 0) is 36.8 Å². The van der Waals surface area contributed by atoms with Gasteiger partial charge in [0.15, 0.2) is 0 Å². The van der Waals surface area contributed by atoms with E-state index in [0.717, 1.165) is 20.5 Å². The van der Waals surface area contributed by atoms with Crippen LogP contribution in [0.1, 0.15) is 18.6 Å². The predicted octanol–water partition coefficient (Wildman–Crippen LogP) is 3.94. The summed E-state index contributed by atoms with van der Waals surface area (Å²) in [5.41, 5.74) is 0.820. The Balaban J connectivity index is 2.14. The monoisotopic (exact) mass is 265 g/mol. The van der Waals surface area contributed by atoms with Gasteiger partial charge in [-0.1, -0.05) is 35.5 Å². The highest BCUT2D eigenvalue weighted by Crippen LogP contribution is 2.28. The smallest absolute Gasteiger partial charge is 0.101 e. The molecule has 0 amide bonds. The lowest BCUT2D eigenvalue weighted by atomic mass is 10.2. The number of hydrogen-bond acceptors (Lipinski definition) is 3. The van der Waals surface area contributed by atoms with Crippen LogP contribution in [0.15, 0.2) is 52.5 Å². The quantitative estimate of drug-likeness (QED) is 0.913. The Morgan fingerprint density at radius 1 is 1.29 bits per heavy atom. The van der Waals surface area contributed by atoms with E-state index >= 15 is 0 Å². The molecular formula is C13H12ClNOS. The molecule has 0 radical (unpaired) electrons. The van der Waals surface area contributed by atoms with E-state index in [1.165, 1.54) is 0 Å². The number of hydrogen-bond donors (Lipinski definition) is 1. The van der Waals surface area contributed by atoms with Crippen LogP contribution in [0.2, 0.25) is 5.02 Å². The van der Waals surface area contributed by atoms with Crippen LogP contribution in [0.3, 0.4) is 0 Å². The molecule has 0 saturated carbocycles. The van der Waals surface area contributed by atoms with E-state index in [9.17, 15) is 5.11 Å². The Bertz CT molecular complexity index is 499. The highest BCUT2D eigenvalue weighted by Gasteiger charge is 2.03. The van der Waals surface area contributed by atoms with Crippen LogP contribution in [-0.4, -0.2) is 10.1 Å². The Kier molecular flexibility index (Phi) is 4.05. The molecule has 2 rings (SSSR count). The number of aliphatic hydroxyl groups excluding tert-OH is 1. The van der Waals surface area contributed by atoms with E-state index in [1.807, 2.05) is 36.4 Å². The normalized spacial score (nSPS) is 12.4. The Morgan fingerprint density at radius 3 is 2.71 bits per heavy atom. The number of aliphatic hydroxyl groups is 1. The van der Waals surface area contributed by atoms with Crippen molar-refractivity contribution in [3.63, 3.8) is 0 Å². The number of benzene rings is 1. The second-order valence-electron chi connectivity index (χ2n) is 3.67. The standard InChI is InChI=1S/C13H12ClNOS/c1-9(16)10-5-6-13(15-8-10)17-12-4-2-3-11(14)7-12/h2-9,16H,1H3/t9-/m0/s1. The van der Waals surface area contributed by atoms with Gasteiger partial charge >= 0.3 is 0 Å². The predicted molar refractivity (Wildman–Crippen MR) is 70.4 cm³/mol. The Labute approximate surface area is 110 Å². The van der Waals surface area contributed by atoms with Crippen molar-refractivity contribution < 1.29 is 5.11 Å². The van der Waals surface area contributed by atoms with Gasteiger partial charge in [0.25, 0.3) is 0 Å². The van der Waals surface area contributed by atoms with E-state index in [4.69, 9.17) is 11.6 Å². The van der Waals surface area contributed by atoms with Crippen molar-refractivity contribution in [1.29, 1.82) is 0 Å². The molecule has 1 atom stereocenters. The maximum atomic E-state index is 9.38. The molecule has 1 aromatic carbocycles. The van der Waals surface area contributed by atoms with Crippen LogP contribution in [0.25, 0.3) is 0 Å². The van der Waals surface area contributed by atoms with Crippen LogP contribution in [-0.2, 0) is 0 Å². The van der Waals surface area contributed by atoms with E-state index < -0.39 is 6.10 Å². The lowest BCUT2D eigenvalue weighted by molar-refractivity contribution is 0.198. The SMILES string of the molecule is C[C@H](O)c1ccc(Sc2cccc(Cl)c2)nc1. The molecule has 1 aromatic heterocycles. The summed E-state index contributed by atoms with van der Waals surface area (Å²) in [6.07, 6.45) is 1.21. The highest BCUT2D eigenvalue weighted by molar-refractivity contribution is 7.99. The third-order valence-electron chi connectivity index (χ3n) is 2.26. The third-order valence-corrected chi connectivity index (χ3v) is 3.44. The number of aromatic nitrogens is 1. The summed E-state index contributed by atoms with van der Waals surface area (Å²) in [4.78, 5) is 5.34. The molecule has 0 unspecified atom stereocenters. The van der Waals surface area contributed by atoms with E-state index in [2.05, 4.69) is 4.98 Å². The molecule has 0 bridgehead atoms. The van der Waals surface area contributed by atoms with E-state index in [1.54, 1.807) is 24.9 Å². The van der Waals surface area contributed by atoms with E-state index in [-0.39, 0.29) is 0 Å². The number of rotatable bonds is 3. The van der Waals surface area contributed by atoms with Crippen molar-refractivity contribution in [2.45, 2.75) is 22.9 Å². The second kappa shape index (κ2) is 5.54. The molecule has 0 saturated heterocycles. The minimum atomic E-state index is -0.479. The van der Waals surface area contributed by atoms with Crippen molar-refractivity contribution in [2.75, 3.05) is 0 Å². The van der Waals surface area contributed by atoms with Crippen molar-refractivity contribution in [3.05, 3.63) is 53.2 Å². The van der Waals surface area contributed by atoms with Crippen LogP contribution in [0.4, 0.5) is 0 Å². The largest absolute Gasteiger partial charge is 0.389 e. The molecule has 0 aliphatic heterocycles. The molecule has 0 fully saturated rings. The molecule has 1 heterocycles. The van der Waals surface area contributed by atoms with Crippen molar-refractivity contribution in [1.82, 2.24) is 4.98 Å². The van der Waals surface area contributed by atoms with Crippen LogP contribution < -0.4 is 0 Å². The van der Waals surface area contributed by atoms with Crippen molar-refractivity contribution in [2.24, 2.45) is 0 Å². The van der Waals surface area contributed by atoms with Gasteiger partial charge in [-0.25, -0.2) is 4.98 Å². The maximum Gasteiger partial charge on any atom is 0.101 e. The summed E-state index contributed by atoms with van der Waals surface area (Å²) in [5.74, 6) is 0. The molecule has 1 N–H and O–H groups in total. The first-order valence-corrected chi connectivity index (χ1v) is 6.42. The molecule has 17 heavy (non-hydrogen) atoms. The topological polar surface area (TPSA) is 33.1 Å². The molecule has 88 valence electrons. The summed E-state index contributed by atoms with van der Waals surface area (Å²) < 4.78 is 0. The zero-order valence-corrected chi connectivity index (χ0v) is 10.9. The first-order valence-electron chi connectivity index (χ1n) is 5.22. The Hall–Kier alpha value is -1.03. The van der Waals surface area contributed by atoms with Gasteiger partial charge < -0.3 is 5.11 Å². The minimum Gasteiger partial charge on any atom is -0.389 e. The molecule has 0 spiro atoms. The summed E-state index contributed by atoms with van der Waals surface area (Å²) in [5, 5.41) is 11.0. The van der Waals surface area contributed by atoms with E-state index in [0.29, 0.717) is 0 Å². The number of halogens is 1. The number of nitrogens with zero attached hydrogens (tertiary/aromatic N) is 1. The lowest BCUT2D eigenvalue weighted by Crippen LogP contribution is -1.91. The first-order chi connectivity index (χ1) is 8.15. The number of pyridine rings is 1. The third kappa shape index (κ3) is 3.46. The molecule has 0 aliphatic carbocycles. The van der Waals surface area contributed by atoms with Crippen molar-refractivity contribution in [3.8, 4) is 0 Å². The fourth-order valence-corrected chi connectivity index (χ4v) is 2.42. The van der Waals surface area contributed by atoms with Gasteiger partial charge in [0, 0.05) is 16.1 Å². The lowest BCUT2D eigenvalue weighted by Gasteiger charge is -2.05. The molecule has 2 aromatic rings. The zero-order valence-electron chi connectivity index (χ0n) is 9.30. The molecule has 4 heteroatoms. The first kappa shape index (κ1) is 12.4. The van der Waals surface area contributed by atoms with Gasteiger partial charge in [0.05, 0.1) is 6.10 Å².